The quantitative estimate of drug-likeness (QED) is 0.902. The summed E-state index contributed by atoms with van der Waals surface area (Å²) in [5.41, 5.74) is 2.80. The molecule has 1 N–H and O–H groups in total. The summed E-state index contributed by atoms with van der Waals surface area (Å²) in [7, 11) is 0. The third-order valence-electron chi connectivity index (χ3n) is 2.84. The molecule has 0 bridgehead atoms. The predicted molar refractivity (Wildman–Crippen MR) is 69.7 cm³/mol. The monoisotopic (exact) mass is 244 g/mol. The van der Waals surface area contributed by atoms with E-state index in [4.69, 9.17) is 0 Å². The van der Waals surface area contributed by atoms with Crippen LogP contribution < -0.4 is 0 Å². The second-order valence-electron chi connectivity index (χ2n) is 4.61. The highest BCUT2D eigenvalue weighted by Crippen LogP contribution is 2.26. The molecule has 1 aromatic heterocycles. The number of aromatic carboxylic acids is 1. The van der Waals surface area contributed by atoms with Gasteiger partial charge < -0.3 is 5.11 Å². The number of rotatable bonds is 3. The Kier molecular flexibility index (Phi) is 3.19. The molecule has 0 aliphatic heterocycles. The largest absolute Gasteiger partial charge is 0.478 e. The zero-order valence-corrected chi connectivity index (χ0v) is 10.7. The Hall–Kier alpha value is -2.10. The minimum absolute atomic E-state index is 0.193. The van der Waals surface area contributed by atoms with Crippen LogP contribution in [0.15, 0.2) is 30.5 Å². The SMILES string of the molecule is Cc1ccc(-c2ccnn2C(C)C)c(C(=O)O)c1. The van der Waals surface area contributed by atoms with E-state index in [1.807, 2.05) is 43.7 Å². The Morgan fingerprint density at radius 1 is 1.33 bits per heavy atom. The van der Waals surface area contributed by atoms with E-state index in [0.29, 0.717) is 11.1 Å². The summed E-state index contributed by atoms with van der Waals surface area (Å²) >= 11 is 0. The van der Waals surface area contributed by atoms with Crippen molar-refractivity contribution < 1.29 is 9.90 Å². The van der Waals surface area contributed by atoms with E-state index in [0.717, 1.165) is 11.3 Å². The normalized spacial score (nSPS) is 10.9. The molecule has 0 fully saturated rings. The molecule has 0 saturated carbocycles. The fourth-order valence-corrected chi connectivity index (χ4v) is 2.00. The van der Waals surface area contributed by atoms with Gasteiger partial charge in [-0.1, -0.05) is 17.7 Å². The van der Waals surface area contributed by atoms with E-state index in [1.54, 1.807) is 12.3 Å². The molecule has 0 atom stereocenters. The topological polar surface area (TPSA) is 55.1 Å². The molecule has 2 rings (SSSR count). The van der Waals surface area contributed by atoms with Crippen molar-refractivity contribution >= 4 is 5.97 Å². The maximum atomic E-state index is 11.3. The van der Waals surface area contributed by atoms with E-state index in [-0.39, 0.29) is 6.04 Å². The van der Waals surface area contributed by atoms with Crippen LogP contribution in [0.25, 0.3) is 11.3 Å². The summed E-state index contributed by atoms with van der Waals surface area (Å²) in [5, 5.41) is 13.5. The maximum Gasteiger partial charge on any atom is 0.336 e. The van der Waals surface area contributed by atoms with Crippen molar-refractivity contribution in [2.45, 2.75) is 26.8 Å². The third kappa shape index (κ3) is 2.14. The molecule has 1 aromatic carbocycles. The smallest absolute Gasteiger partial charge is 0.336 e. The molecule has 0 unspecified atom stereocenters. The Morgan fingerprint density at radius 2 is 2.06 bits per heavy atom. The van der Waals surface area contributed by atoms with Gasteiger partial charge in [0.25, 0.3) is 0 Å². The van der Waals surface area contributed by atoms with Gasteiger partial charge in [-0.15, -0.1) is 0 Å². The Labute approximate surface area is 106 Å². The van der Waals surface area contributed by atoms with Gasteiger partial charge in [0.2, 0.25) is 0 Å². The summed E-state index contributed by atoms with van der Waals surface area (Å²) in [5.74, 6) is -0.912. The second-order valence-corrected chi connectivity index (χ2v) is 4.61. The zero-order chi connectivity index (χ0) is 13.3. The maximum absolute atomic E-state index is 11.3. The van der Waals surface area contributed by atoms with Gasteiger partial charge in [0.15, 0.2) is 0 Å². The first kappa shape index (κ1) is 12.4. The lowest BCUT2D eigenvalue weighted by Gasteiger charge is -2.13. The number of hydrogen-bond donors (Lipinski definition) is 1. The van der Waals surface area contributed by atoms with E-state index >= 15 is 0 Å². The van der Waals surface area contributed by atoms with Gasteiger partial charge in [0.1, 0.15) is 0 Å². The number of carbonyl (C=O) groups is 1. The summed E-state index contributed by atoms with van der Waals surface area (Å²) in [6.07, 6.45) is 1.70. The minimum atomic E-state index is -0.912. The number of carboxylic acid groups (broad SMARTS) is 1. The molecule has 0 radical (unpaired) electrons. The number of aryl methyl sites for hydroxylation is 1. The lowest BCUT2D eigenvalue weighted by atomic mass is 10.0. The summed E-state index contributed by atoms with van der Waals surface area (Å²) < 4.78 is 1.83. The Balaban J connectivity index is 2.63. The fourth-order valence-electron chi connectivity index (χ4n) is 2.00. The van der Waals surface area contributed by atoms with Crippen LogP contribution in [-0.2, 0) is 0 Å². The first-order valence-electron chi connectivity index (χ1n) is 5.88. The molecule has 94 valence electrons. The van der Waals surface area contributed by atoms with Crippen LogP contribution in [0.1, 0.15) is 35.8 Å². The molecule has 0 aliphatic rings. The highest BCUT2D eigenvalue weighted by molar-refractivity contribution is 5.95. The molecule has 0 amide bonds. The van der Waals surface area contributed by atoms with Crippen LogP contribution >= 0.6 is 0 Å². The van der Waals surface area contributed by atoms with E-state index in [9.17, 15) is 9.90 Å². The predicted octanol–water partition coefficient (Wildman–Crippen LogP) is 3.14. The van der Waals surface area contributed by atoms with E-state index < -0.39 is 5.97 Å². The van der Waals surface area contributed by atoms with Crippen molar-refractivity contribution in [2.75, 3.05) is 0 Å². The molecule has 18 heavy (non-hydrogen) atoms. The summed E-state index contributed by atoms with van der Waals surface area (Å²) in [4.78, 5) is 11.3. The zero-order valence-electron chi connectivity index (χ0n) is 10.7. The molecule has 0 spiro atoms. The van der Waals surface area contributed by atoms with E-state index in [2.05, 4.69) is 5.10 Å². The van der Waals surface area contributed by atoms with Gasteiger partial charge in [-0.25, -0.2) is 4.79 Å². The molecule has 4 nitrogen and oxygen atoms in total. The van der Waals surface area contributed by atoms with Crippen molar-refractivity contribution in [2.24, 2.45) is 0 Å². The second kappa shape index (κ2) is 4.64. The molecule has 2 aromatic rings. The first-order chi connectivity index (χ1) is 8.50. The van der Waals surface area contributed by atoms with Crippen molar-refractivity contribution in [3.05, 3.63) is 41.6 Å². The lowest BCUT2D eigenvalue weighted by molar-refractivity contribution is 0.0697. The first-order valence-corrected chi connectivity index (χ1v) is 5.88. The summed E-state index contributed by atoms with van der Waals surface area (Å²) in [6, 6.07) is 7.48. The third-order valence-corrected chi connectivity index (χ3v) is 2.84. The van der Waals surface area contributed by atoms with Crippen LogP contribution in [-0.4, -0.2) is 20.9 Å². The van der Waals surface area contributed by atoms with Crippen molar-refractivity contribution in [3.63, 3.8) is 0 Å². The number of hydrogen-bond acceptors (Lipinski definition) is 2. The van der Waals surface area contributed by atoms with Crippen LogP contribution in [0.4, 0.5) is 0 Å². The Bertz CT molecular complexity index is 585. The highest BCUT2D eigenvalue weighted by atomic mass is 16.4. The fraction of sp³-hybridized carbons (Fsp3) is 0.286. The number of aromatic nitrogens is 2. The molecule has 0 aliphatic carbocycles. The molecular weight excluding hydrogens is 228 g/mol. The molecular formula is C14H16N2O2. The van der Waals surface area contributed by atoms with Crippen LogP contribution in [0, 0.1) is 6.92 Å². The summed E-state index contributed by atoms with van der Waals surface area (Å²) in [6.45, 7) is 5.92. The van der Waals surface area contributed by atoms with Crippen molar-refractivity contribution in [1.82, 2.24) is 9.78 Å². The van der Waals surface area contributed by atoms with Gasteiger partial charge in [-0.2, -0.15) is 5.10 Å². The van der Waals surface area contributed by atoms with Gasteiger partial charge in [0, 0.05) is 17.8 Å². The minimum Gasteiger partial charge on any atom is -0.478 e. The number of carboxylic acids is 1. The Morgan fingerprint density at radius 3 is 2.67 bits per heavy atom. The number of nitrogens with zero attached hydrogens (tertiary/aromatic N) is 2. The van der Waals surface area contributed by atoms with Gasteiger partial charge in [0.05, 0.1) is 11.3 Å². The lowest BCUT2D eigenvalue weighted by Crippen LogP contribution is -2.07. The van der Waals surface area contributed by atoms with Crippen LogP contribution in [0.3, 0.4) is 0 Å². The van der Waals surface area contributed by atoms with E-state index in [1.165, 1.54) is 0 Å². The number of benzene rings is 1. The average molecular weight is 244 g/mol. The van der Waals surface area contributed by atoms with Crippen LogP contribution in [0.5, 0.6) is 0 Å². The molecule has 0 saturated heterocycles. The highest BCUT2D eigenvalue weighted by Gasteiger charge is 2.16. The molecule has 4 heteroatoms. The average Bonchev–Trinajstić information content (AvgIpc) is 2.77. The van der Waals surface area contributed by atoms with Gasteiger partial charge in [-0.3, -0.25) is 4.68 Å². The van der Waals surface area contributed by atoms with Gasteiger partial charge in [-0.05, 0) is 32.9 Å². The molecule has 1 heterocycles. The van der Waals surface area contributed by atoms with Gasteiger partial charge >= 0.3 is 5.97 Å². The standard InChI is InChI=1S/C14H16N2O2/c1-9(2)16-13(6-7-15-16)11-5-4-10(3)8-12(11)14(17)18/h4-9H,1-3H3,(H,17,18). The van der Waals surface area contributed by atoms with Crippen LogP contribution in [0.2, 0.25) is 0 Å². The van der Waals surface area contributed by atoms with Crippen molar-refractivity contribution in [3.8, 4) is 11.3 Å². The van der Waals surface area contributed by atoms with Crippen molar-refractivity contribution in [1.29, 1.82) is 0 Å².